The Morgan fingerprint density at radius 1 is 1.28 bits per heavy atom. The van der Waals surface area contributed by atoms with E-state index in [1.807, 2.05) is 0 Å². The van der Waals surface area contributed by atoms with Gasteiger partial charge in [0.05, 0.1) is 6.26 Å². The van der Waals surface area contributed by atoms with Crippen molar-refractivity contribution in [3.05, 3.63) is 29.8 Å². The molecule has 0 heterocycles. The predicted octanol–water partition coefficient (Wildman–Crippen LogP) is 2.07. The van der Waals surface area contributed by atoms with E-state index in [-0.39, 0.29) is 12.3 Å². The van der Waals surface area contributed by atoms with E-state index in [1.54, 1.807) is 19.1 Å². The van der Waals surface area contributed by atoms with Crippen LogP contribution in [0.15, 0.2) is 24.3 Å². The first-order chi connectivity index (χ1) is 8.32. The second-order valence-electron chi connectivity index (χ2n) is 3.71. The summed E-state index contributed by atoms with van der Waals surface area (Å²) in [6.45, 7) is -0.563. The second kappa shape index (κ2) is 6.10. The Morgan fingerprint density at radius 2 is 1.83 bits per heavy atom. The van der Waals surface area contributed by atoms with Gasteiger partial charge in [0, 0.05) is 13.1 Å². The van der Waals surface area contributed by atoms with E-state index < -0.39 is 16.6 Å². The molecule has 0 N–H and O–H groups in total. The maximum atomic E-state index is 11.9. The van der Waals surface area contributed by atoms with E-state index in [2.05, 4.69) is 4.74 Å². The second-order valence-corrected chi connectivity index (χ2v) is 5.69. The van der Waals surface area contributed by atoms with Gasteiger partial charge in [0.2, 0.25) is 10.0 Å². The van der Waals surface area contributed by atoms with E-state index in [4.69, 9.17) is 0 Å². The van der Waals surface area contributed by atoms with Gasteiger partial charge in [0.15, 0.2) is 0 Å². The zero-order chi connectivity index (χ0) is 13.8. The lowest BCUT2D eigenvalue weighted by Gasteiger charge is -2.17. The van der Waals surface area contributed by atoms with Crippen LogP contribution in [-0.4, -0.2) is 32.1 Å². The first-order valence-corrected chi connectivity index (χ1v) is 7.16. The van der Waals surface area contributed by atoms with Gasteiger partial charge in [-0.3, -0.25) is 0 Å². The Kier molecular flexibility index (Phi) is 5.03. The lowest BCUT2D eigenvalue weighted by Crippen LogP contribution is -2.29. The third kappa shape index (κ3) is 4.58. The first-order valence-electron chi connectivity index (χ1n) is 5.31. The largest absolute Gasteiger partial charge is 0.435 e. The number of rotatable bonds is 6. The fourth-order valence-electron chi connectivity index (χ4n) is 1.44. The topological polar surface area (TPSA) is 46.6 Å². The molecule has 102 valence electrons. The molecule has 1 aromatic carbocycles. The van der Waals surface area contributed by atoms with Crippen molar-refractivity contribution in [1.82, 2.24) is 4.31 Å². The van der Waals surface area contributed by atoms with Crippen LogP contribution in [0.5, 0.6) is 5.75 Å². The van der Waals surface area contributed by atoms with Crippen molar-refractivity contribution in [1.29, 1.82) is 0 Å². The monoisotopic (exact) mass is 279 g/mol. The Balaban J connectivity index is 2.74. The molecule has 0 saturated heterocycles. The number of hydrogen-bond donors (Lipinski definition) is 0. The number of alkyl halides is 2. The summed E-state index contributed by atoms with van der Waals surface area (Å²) in [7, 11) is -3.26. The minimum absolute atomic E-state index is 0.0520. The van der Waals surface area contributed by atoms with Crippen LogP contribution in [0.4, 0.5) is 8.78 Å². The van der Waals surface area contributed by atoms with E-state index in [0.29, 0.717) is 12.1 Å². The molecule has 0 fully saturated rings. The van der Waals surface area contributed by atoms with Gasteiger partial charge >= 0.3 is 6.61 Å². The van der Waals surface area contributed by atoms with Crippen LogP contribution in [0.3, 0.4) is 0 Å². The highest BCUT2D eigenvalue weighted by Crippen LogP contribution is 2.16. The van der Waals surface area contributed by atoms with Gasteiger partial charge < -0.3 is 4.74 Å². The third-order valence-electron chi connectivity index (χ3n) is 2.33. The van der Waals surface area contributed by atoms with Crippen LogP contribution in [0.2, 0.25) is 0 Å². The van der Waals surface area contributed by atoms with Crippen molar-refractivity contribution in [2.45, 2.75) is 20.1 Å². The summed E-state index contributed by atoms with van der Waals surface area (Å²) in [5, 5.41) is 0. The average molecular weight is 279 g/mol. The van der Waals surface area contributed by atoms with Gasteiger partial charge in [0.25, 0.3) is 0 Å². The highest BCUT2D eigenvalue weighted by molar-refractivity contribution is 7.88. The van der Waals surface area contributed by atoms with Gasteiger partial charge in [-0.1, -0.05) is 19.1 Å². The number of benzene rings is 1. The van der Waals surface area contributed by atoms with Crippen molar-refractivity contribution in [3.63, 3.8) is 0 Å². The van der Waals surface area contributed by atoms with Crippen molar-refractivity contribution in [3.8, 4) is 5.75 Å². The first kappa shape index (κ1) is 14.8. The summed E-state index contributed by atoms with van der Waals surface area (Å²) in [5.74, 6) is 0.0520. The van der Waals surface area contributed by atoms with Crippen LogP contribution in [0, 0.1) is 0 Å². The van der Waals surface area contributed by atoms with Crippen molar-refractivity contribution in [2.75, 3.05) is 12.8 Å². The van der Waals surface area contributed by atoms with Gasteiger partial charge in [0.1, 0.15) is 5.75 Å². The molecule has 0 radical (unpaired) electrons. The molecule has 0 aliphatic carbocycles. The molecule has 0 aliphatic heterocycles. The molecule has 0 aliphatic rings. The fraction of sp³-hybridized carbons (Fsp3) is 0.455. The lowest BCUT2D eigenvalue weighted by atomic mass is 10.2. The Labute approximate surface area is 105 Å². The zero-order valence-electron chi connectivity index (χ0n) is 10.1. The molecule has 0 bridgehead atoms. The summed E-state index contributed by atoms with van der Waals surface area (Å²) < 4.78 is 52.1. The Hall–Kier alpha value is -1.21. The number of sulfonamides is 1. The quantitative estimate of drug-likeness (QED) is 0.801. The Morgan fingerprint density at radius 3 is 2.22 bits per heavy atom. The molecule has 1 aromatic rings. The average Bonchev–Trinajstić information content (AvgIpc) is 2.25. The van der Waals surface area contributed by atoms with Crippen LogP contribution in [-0.2, 0) is 16.6 Å². The standard InChI is InChI=1S/C11H15F2NO3S/c1-3-14(18(2,15)16)8-9-4-6-10(7-5-9)17-11(12)13/h4-7,11H,3,8H2,1-2H3. The molecular formula is C11H15F2NO3S. The van der Waals surface area contributed by atoms with Crippen LogP contribution < -0.4 is 4.74 Å². The normalized spacial score (nSPS) is 12.1. The molecule has 0 aromatic heterocycles. The van der Waals surface area contributed by atoms with E-state index in [9.17, 15) is 17.2 Å². The van der Waals surface area contributed by atoms with Crippen LogP contribution >= 0.6 is 0 Å². The molecule has 18 heavy (non-hydrogen) atoms. The molecule has 1 rings (SSSR count). The smallest absolute Gasteiger partial charge is 0.387 e. The minimum atomic E-state index is -3.26. The van der Waals surface area contributed by atoms with Crippen LogP contribution in [0.1, 0.15) is 12.5 Å². The van der Waals surface area contributed by atoms with E-state index in [1.165, 1.54) is 16.4 Å². The number of halogens is 2. The van der Waals surface area contributed by atoms with Gasteiger partial charge in [-0.15, -0.1) is 0 Å². The summed E-state index contributed by atoms with van der Waals surface area (Å²) in [6.07, 6.45) is 1.13. The number of nitrogens with zero attached hydrogens (tertiary/aromatic N) is 1. The maximum Gasteiger partial charge on any atom is 0.387 e. The summed E-state index contributed by atoms with van der Waals surface area (Å²) in [5.41, 5.74) is 0.712. The van der Waals surface area contributed by atoms with E-state index in [0.717, 1.165) is 6.26 Å². The summed E-state index contributed by atoms with van der Waals surface area (Å²) in [6, 6.07) is 5.90. The predicted molar refractivity (Wildman–Crippen MR) is 64.0 cm³/mol. The minimum Gasteiger partial charge on any atom is -0.435 e. The van der Waals surface area contributed by atoms with Crippen molar-refractivity contribution >= 4 is 10.0 Å². The fourth-order valence-corrected chi connectivity index (χ4v) is 2.30. The van der Waals surface area contributed by atoms with E-state index >= 15 is 0 Å². The highest BCUT2D eigenvalue weighted by Gasteiger charge is 2.14. The molecule has 7 heteroatoms. The van der Waals surface area contributed by atoms with Crippen molar-refractivity contribution < 1.29 is 21.9 Å². The summed E-state index contributed by atoms with van der Waals surface area (Å²) >= 11 is 0. The van der Waals surface area contributed by atoms with Gasteiger partial charge in [-0.25, -0.2) is 8.42 Å². The molecule has 0 amide bonds. The maximum absolute atomic E-state index is 11.9. The third-order valence-corrected chi connectivity index (χ3v) is 3.65. The number of ether oxygens (including phenoxy) is 1. The molecule has 0 unspecified atom stereocenters. The van der Waals surface area contributed by atoms with Crippen LogP contribution in [0.25, 0.3) is 0 Å². The van der Waals surface area contributed by atoms with Gasteiger partial charge in [-0.2, -0.15) is 13.1 Å². The van der Waals surface area contributed by atoms with Crippen molar-refractivity contribution in [2.24, 2.45) is 0 Å². The molecule has 0 saturated carbocycles. The molecule has 4 nitrogen and oxygen atoms in total. The lowest BCUT2D eigenvalue weighted by molar-refractivity contribution is -0.0498. The Bertz CT molecular complexity index is 474. The number of hydrogen-bond acceptors (Lipinski definition) is 3. The SMILES string of the molecule is CCN(Cc1ccc(OC(F)F)cc1)S(C)(=O)=O. The zero-order valence-corrected chi connectivity index (χ0v) is 11.0. The highest BCUT2D eigenvalue weighted by atomic mass is 32.2. The molecular weight excluding hydrogens is 264 g/mol. The molecule has 0 atom stereocenters. The summed E-state index contributed by atoms with van der Waals surface area (Å²) in [4.78, 5) is 0. The molecule has 0 spiro atoms. The van der Waals surface area contributed by atoms with Gasteiger partial charge in [-0.05, 0) is 17.7 Å².